The maximum absolute atomic E-state index is 11.7. The lowest BCUT2D eigenvalue weighted by molar-refractivity contribution is 0.0460. The average molecular weight is 256 g/mol. The van der Waals surface area contributed by atoms with E-state index in [1.165, 1.54) is 6.08 Å². The lowest BCUT2D eigenvalue weighted by Crippen LogP contribution is -2.46. The number of rotatable bonds is 4. The van der Waals surface area contributed by atoms with Gasteiger partial charge in [0, 0.05) is 6.04 Å². The molecule has 0 fully saturated rings. The maximum Gasteiger partial charge on any atom is 0.407 e. The predicted octanol–water partition coefficient (Wildman–Crippen LogP) is 2.65. The number of alkyl carbamates (subject to hydrolysis) is 1. The largest absolute Gasteiger partial charge is 0.444 e. The van der Waals surface area contributed by atoms with E-state index in [4.69, 9.17) is 4.74 Å². The van der Waals surface area contributed by atoms with Gasteiger partial charge >= 0.3 is 6.09 Å². The summed E-state index contributed by atoms with van der Waals surface area (Å²) >= 11 is 0. The summed E-state index contributed by atoms with van der Waals surface area (Å²) in [6.45, 7) is 11.8. The van der Waals surface area contributed by atoms with Gasteiger partial charge in [-0.05, 0) is 32.6 Å². The second kappa shape index (κ2) is 6.55. The zero-order valence-electron chi connectivity index (χ0n) is 12.2. The van der Waals surface area contributed by atoms with E-state index in [1.807, 2.05) is 41.5 Å². The van der Waals surface area contributed by atoms with Gasteiger partial charge in [-0.15, -0.1) is 0 Å². The highest BCUT2D eigenvalue weighted by atomic mass is 16.6. The van der Waals surface area contributed by atoms with E-state index in [-0.39, 0.29) is 11.5 Å². The Bertz CT molecular complexity index is 320. The van der Waals surface area contributed by atoms with Crippen LogP contribution >= 0.6 is 0 Å². The number of nitrogens with one attached hydrogen (secondary N) is 1. The minimum Gasteiger partial charge on any atom is -0.444 e. The highest BCUT2D eigenvalue weighted by molar-refractivity contribution is 5.68. The summed E-state index contributed by atoms with van der Waals surface area (Å²) in [5, 5.41) is 2.82. The van der Waals surface area contributed by atoms with Crippen LogP contribution in [-0.4, -0.2) is 30.4 Å². The van der Waals surface area contributed by atoms with Crippen molar-refractivity contribution in [2.45, 2.75) is 59.6 Å². The van der Waals surface area contributed by atoms with Crippen molar-refractivity contribution in [2.75, 3.05) is 6.54 Å². The normalized spacial score (nSPS) is 13.4. The molecule has 1 atom stereocenters. The van der Waals surface area contributed by atoms with Crippen LogP contribution in [0.2, 0.25) is 0 Å². The first kappa shape index (κ1) is 16.6. The fourth-order valence-corrected chi connectivity index (χ4v) is 1.41. The molecule has 0 rings (SSSR count). The van der Waals surface area contributed by atoms with E-state index in [1.54, 1.807) is 0 Å². The van der Waals surface area contributed by atoms with Gasteiger partial charge < -0.3 is 10.1 Å². The molecule has 0 aliphatic rings. The molecule has 0 radical (unpaired) electrons. The van der Waals surface area contributed by atoms with Gasteiger partial charge in [0.2, 0.25) is 6.08 Å². The summed E-state index contributed by atoms with van der Waals surface area (Å²) in [5.41, 5.74) is -0.650. The Morgan fingerprint density at radius 2 is 1.83 bits per heavy atom. The second-order valence-electron chi connectivity index (χ2n) is 6.33. The third kappa shape index (κ3) is 7.85. The molecule has 0 heterocycles. The lowest BCUT2D eigenvalue weighted by atomic mass is 9.85. The number of carbonyl (C=O) groups excluding carboxylic acids is 2. The van der Waals surface area contributed by atoms with Gasteiger partial charge in [-0.3, -0.25) is 0 Å². The van der Waals surface area contributed by atoms with Crippen LogP contribution in [0, 0.1) is 5.41 Å². The van der Waals surface area contributed by atoms with E-state index < -0.39 is 11.7 Å². The van der Waals surface area contributed by atoms with Crippen molar-refractivity contribution >= 4 is 12.2 Å². The van der Waals surface area contributed by atoms with E-state index >= 15 is 0 Å². The van der Waals surface area contributed by atoms with E-state index in [9.17, 15) is 9.59 Å². The quantitative estimate of drug-likeness (QED) is 0.621. The molecule has 0 aromatic heterocycles. The Hall–Kier alpha value is -1.35. The molecule has 0 spiro atoms. The number of isocyanates is 1. The molecule has 0 saturated heterocycles. The summed E-state index contributed by atoms with van der Waals surface area (Å²) in [5.74, 6) is 0. The number of carbonyl (C=O) groups is 1. The van der Waals surface area contributed by atoms with Crippen LogP contribution in [-0.2, 0) is 9.53 Å². The van der Waals surface area contributed by atoms with Crippen molar-refractivity contribution < 1.29 is 14.3 Å². The number of hydrogen-bond donors (Lipinski definition) is 1. The number of amides is 1. The standard InChI is InChI=1S/C13H24N2O3/c1-12(2,3)10(7-8-14-9-16)15-11(17)18-13(4,5)6/h10H,7-8H2,1-6H3,(H,15,17). The summed E-state index contributed by atoms with van der Waals surface area (Å²) in [7, 11) is 0. The Kier molecular flexibility index (Phi) is 6.06. The van der Waals surface area contributed by atoms with Crippen LogP contribution in [0.1, 0.15) is 48.0 Å². The zero-order valence-corrected chi connectivity index (χ0v) is 12.2. The van der Waals surface area contributed by atoms with Gasteiger partial charge in [-0.2, -0.15) is 0 Å². The molecule has 1 unspecified atom stereocenters. The van der Waals surface area contributed by atoms with Gasteiger partial charge in [-0.25, -0.2) is 14.6 Å². The Morgan fingerprint density at radius 1 is 1.28 bits per heavy atom. The SMILES string of the molecule is CC(C)(C)OC(=O)NC(CCN=C=O)C(C)(C)C. The Labute approximate surface area is 109 Å². The minimum atomic E-state index is -0.520. The predicted molar refractivity (Wildman–Crippen MR) is 70.2 cm³/mol. The van der Waals surface area contributed by atoms with Gasteiger partial charge in [0.15, 0.2) is 0 Å². The first-order chi connectivity index (χ1) is 8.06. The minimum absolute atomic E-state index is 0.107. The molecule has 0 aliphatic carbocycles. The molecular weight excluding hydrogens is 232 g/mol. The van der Waals surface area contributed by atoms with Gasteiger partial charge in [0.05, 0.1) is 6.54 Å². The van der Waals surface area contributed by atoms with Gasteiger partial charge in [-0.1, -0.05) is 20.8 Å². The summed E-state index contributed by atoms with van der Waals surface area (Å²) in [4.78, 5) is 25.3. The van der Waals surface area contributed by atoms with Crippen molar-refractivity contribution in [3.8, 4) is 0 Å². The second-order valence-corrected chi connectivity index (χ2v) is 6.33. The van der Waals surface area contributed by atoms with Crippen LogP contribution in [0.25, 0.3) is 0 Å². The molecule has 0 aliphatic heterocycles. The fourth-order valence-electron chi connectivity index (χ4n) is 1.41. The lowest BCUT2D eigenvalue weighted by Gasteiger charge is -2.32. The maximum atomic E-state index is 11.7. The molecule has 104 valence electrons. The Balaban J connectivity index is 4.50. The van der Waals surface area contributed by atoms with Crippen LogP contribution in [0.4, 0.5) is 4.79 Å². The van der Waals surface area contributed by atoms with E-state index in [0.717, 1.165) is 0 Å². The molecule has 0 bridgehead atoms. The number of nitrogens with zero attached hydrogens (tertiary/aromatic N) is 1. The third-order valence-electron chi connectivity index (χ3n) is 2.33. The Morgan fingerprint density at radius 3 is 2.22 bits per heavy atom. The van der Waals surface area contributed by atoms with Gasteiger partial charge in [0.1, 0.15) is 5.60 Å². The summed E-state index contributed by atoms with van der Waals surface area (Å²) in [6, 6.07) is -0.107. The summed E-state index contributed by atoms with van der Waals surface area (Å²) in [6.07, 6.45) is 1.63. The number of hydrogen-bond acceptors (Lipinski definition) is 4. The molecule has 0 aromatic rings. The smallest absolute Gasteiger partial charge is 0.407 e. The van der Waals surface area contributed by atoms with Crippen LogP contribution in [0.5, 0.6) is 0 Å². The zero-order chi connectivity index (χ0) is 14.4. The van der Waals surface area contributed by atoms with E-state index in [0.29, 0.717) is 13.0 Å². The molecule has 1 amide bonds. The van der Waals surface area contributed by atoms with Crippen molar-refractivity contribution in [3.63, 3.8) is 0 Å². The van der Waals surface area contributed by atoms with Crippen molar-refractivity contribution in [1.29, 1.82) is 0 Å². The number of ether oxygens (including phenoxy) is 1. The monoisotopic (exact) mass is 256 g/mol. The molecular formula is C13H24N2O3. The molecule has 5 nitrogen and oxygen atoms in total. The highest BCUT2D eigenvalue weighted by Gasteiger charge is 2.27. The molecule has 1 N–H and O–H groups in total. The van der Waals surface area contributed by atoms with Gasteiger partial charge in [0.25, 0.3) is 0 Å². The highest BCUT2D eigenvalue weighted by Crippen LogP contribution is 2.22. The third-order valence-corrected chi connectivity index (χ3v) is 2.33. The van der Waals surface area contributed by atoms with Crippen molar-refractivity contribution in [1.82, 2.24) is 5.32 Å². The summed E-state index contributed by atoms with van der Waals surface area (Å²) < 4.78 is 5.21. The average Bonchev–Trinajstić information content (AvgIpc) is 2.12. The molecule has 5 heteroatoms. The van der Waals surface area contributed by atoms with Crippen LogP contribution < -0.4 is 5.32 Å². The number of aliphatic imine (C=N–C) groups is 1. The topological polar surface area (TPSA) is 67.8 Å². The van der Waals surface area contributed by atoms with Crippen LogP contribution in [0.15, 0.2) is 4.99 Å². The van der Waals surface area contributed by atoms with Crippen LogP contribution in [0.3, 0.4) is 0 Å². The van der Waals surface area contributed by atoms with Crippen molar-refractivity contribution in [3.05, 3.63) is 0 Å². The van der Waals surface area contributed by atoms with E-state index in [2.05, 4.69) is 10.3 Å². The molecule has 18 heavy (non-hydrogen) atoms. The first-order valence-electron chi connectivity index (χ1n) is 6.09. The fraction of sp³-hybridized carbons (Fsp3) is 0.846. The molecule has 0 saturated carbocycles. The van der Waals surface area contributed by atoms with Crippen molar-refractivity contribution in [2.24, 2.45) is 10.4 Å². The first-order valence-corrected chi connectivity index (χ1v) is 6.09. The molecule has 0 aromatic carbocycles.